The van der Waals surface area contributed by atoms with E-state index in [9.17, 15) is 5.11 Å². The van der Waals surface area contributed by atoms with Crippen LogP contribution < -0.4 is 0 Å². The third-order valence-electron chi connectivity index (χ3n) is 2.15. The number of halogens is 1. The minimum absolute atomic E-state index is 0.258. The summed E-state index contributed by atoms with van der Waals surface area (Å²) in [4.78, 5) is 3.18. The molecule has 1 N–H and O–H groups in total. The van der Waals surface area contributed by atoms with Gasteiger partial charge < -0.3 is 10.0 Å². The summed E-state index contributed by atoms with van der Waals surface area (Å²) in [5.41, 5.74) is 0. The van der Waals surface area contributed by atoms with Crippen LogP contribution in [0.25, 0.3) is 0 Å². The fourth-order valence-electron chi connectivity index (χ4n) is 1.24. The van der Waals surface area contributed by atoms with Gasteiger partial charge in [-0.15, -0.1) is 11.8 Å². The van der Waals surface area contributed by atoms with Gasteiger partial charge in [0.15, 0.2) is 0 Å². The molecule has 16 heavy (non-hydrogen) atoms. The van der Waals surface area contributed by atoms with Crippen molar-refractivity contribution in [2.75, 3.05) is 26.4 Å². The summed E-state index contributed by atoms with van der Waals surface area (Å²) in [7, 11) is 4.02. The standard InChI is InChI=1S/C12H18ClNOS/c1-14(2)7-6-11(15)9-16-12-5-3-4-10(13)8-12/h3-5,8,11,15H,6-7,9H2,1-2H3. The van der Waals surface area contributed by atoms with E-state index in [1.54, 1.807) is 11.8 Å². The molecule has 90 valence electrons. The van der Waals surface area contributed by atoms with Gasteiger partial charge in [-0.05, 0) is 38.7 Å². The maximum Gasteiger partial charge on any atom is 0.0646 e. The van der Waals surface area contributed by atoms with Gasteiger partial charge in [0.25, 0.3) is 0 Å². The van der Waals surface area contributed by atoms with E-state index in [-0.39, 0.29) is 6.10 Å². The first kappa shape index (κ1) is 13.8. The van der Waals surface area contributed by atoms with Crippen LogP contribution in [0.15, 0.2) is 29.2 Å². The van der Waals surface area contributed by atoms with Gasteiger partial charge in [-0.2, -0.15) is 0 Å². The minimum Gasteiger partial charge on any atom is -0.392 e. The van der Waals surface area contributed by atoms with Gasteiger partial charge >= 0.3 is 0 Å². The van der Waals surface area contributed by atoms with E-state index in [0.29, 0.717) is 5.75 Å². The largest absolute Gasteiger partial charge is 0.392 e. The summed E-state index contributed by atoms with van der Waals surface area (Å²) in [6.45, 7) is 0.914. The molecular formula is C12H18ClNOS. The van der Waals surface area contributed by atoms with Crippen LogP contribution in [0.1, 0.15) is 6.42 Å². The molecule has 0 heterocycles. The molecule has 1 aromatic rings. The molecule has 1 aromatic carbocycles. The molecule has 1 atom stereocenters. The van der Waals surface area contributed by atoms with E-state index in [1.807, 2.05) is 38.4 Å². The fraction of sp³-hybridized carbons (Fsp3) is 0.500. The summed E-state index contributed by atoms with van der Waals surface area (Å²) in [5.74, 6) is 0.716. The van der Waals surface area contributed by atoms with Crippen molar-refractivity contribution in [1.29, 1.82) is 0 Å². The SMILES string of the molecule is CN(C)CCC(O)CSc1cccc(Cl)c1. The Hall–Kier alpha value is -0.220. The summed E-state index contributed by atoms with van der Waals surface area (Å²) in [5, 5.41) is 10.5. The van der Waals surface area contributed by atoms with Crippen molar-refractivity contribution >= 4 is 23.4 Å². The maximum atomic E-state index is 9.75. The number of aliphatic hydroxyl groups excluding tert-OH is 1. The lowest BCUT2D eigenvalue weighted by Crippen LogP contribution is -2.20. The zero-order valence-electron chi connectivity index (χ0n) is 9.69. The Morgan fingerprint density at radius 3 is 2.81 bits per heavy atom. The molecule has 2 nitrogen and oxygen atoms in total. The molecule has 0 aliphatic heterocycles. The second-order valence-electron chi connectivity index (χ2n) is 4.01. The van der Waals surface area contributed by atoms with E-state index in [4.69, 9.17) is 11.6 Å². The molecule has 0 radical (unpaired) electrons. The molecule has 0 aromatic heterocycles. The number of thioether (sulfide) groups is 1. The van der Waals surface area contributed by atoms with Gasteiger partial charge in [-0.3, -0.25) is 0 Å². The first-order valence-electron chi connectivity index (χ1n) is 5.29. The Balaban J connectivity index is 2.28. The van der Waals surface area contributed by atoms with E-state index >= 15 is 0 Å². The quantitative estimate of drug-likeness (QED) is 0.795. The summed E-state index contributed by atoms with van der Waals surface area (Å²) < 4.78 is 0. The predicted octanol–water partition coefficient (Wildman–Crippen LogP) is 2.74. The fourth-order valence-corrected chi connectivity index (χ4v) is 2.43. The third-order valence-corrected chi connectivity index (χ3v) is 3.52. The van der Waals surface area contributed by atoms with Gasteiger partial charge in [0.2, 0.25) is 0 Å². The molecule has 1 rings (SSSR count). The van der Waals surface area contributed by atoms with Gasteiger partial charge in [0, 0.05) is 22.2 Å². The van der Waals surface area contributed by atoms with Gasteiger partial charge in [0.05, 0.1) is 6.10 Å². The van der Waals surface area contributed by atoms with Crippen LogP contribution in [-0.4, -0.2) is 42.5 Å². The molecule has 1 unspecified atom stereocenters. The highest BCUT2D eigenvalue weighted by Gasteiger charge is 2.05. The molecule has 0 aliphatic rings. The van der Waals surface area contributed by atoms with Crippen molar-refractivity contribution in [1.82, 2.24) is 4.90 Å². The lowest BCUT2D eigenvalue weighted by Gasteiger charge is -2.13. The molecule has 4 heteroatoms. The lowest BCUT2D eigenvalue weighted by atomic mass is 10.3. The second kappa shape index (κ2) is 7.17. The van der Waals surface area contributed by atoms with Crippen molar-refractivity contribution in [3.63, 3.8) is 0 Å². The summed E-state index contributed by atoms with van der Waals surface area (Å²) >= 11 is 7.52. The van der Waals surface area contributed by atoms with Crippen molar-refractivity contribution in [3.8, 4) is 0 Å². The minimum atomic E-state index is -0.258. The zero-order valence-corrected chi connectivity index (χ0v) is 11.3. The molecule has 0 saturated carbocycles. The van der Waals surface area contributed by atoms with Crippen molar-refractivity contribution in [2.24, 2.45) is 0 Å². The molecule has 0 spiro atoms. The Bertz CT molecular complexity index is 320. The Morgan fingerprint density at radius 1 is 1.44 bits per heavy atom. The van der Waals surface area contributed by atoms with Crippen LogP contribution in [-0.2, 0) is 0 Å². The first-order valence-corrected chi connectivity index (χ1v) is 6.65. The summed E-state index contributed by atoms with van der Waals surface area (Å²) in [6.07, 6.45) is 0.548. The Kier molecular flexibility index (Phi) is 6.21. The molecule has 0 bridgehead atoms. The van der Waals surface area contributed by atoms with Crippen LogP contribution in [0.5, 0.6) is 0 Å². The van der Waals surface area contributed by atoms with Crippen LogP contribution >= 0.6 is 23.4 Å². The van der Waals surface area contributed by atoms with Gasteiger partial charge in [0.1, 0.15) is 0 Å². The zero-order chi connectivity index (χ0) is 12.0. The van der Waals surface area contributed by atoms with Crippen molar-refractivity contribution < 1.29 is 5.11 Å². The average molecular weight is 260 g/mol. The van der Waals surface area contributed by atoms with E-state index in [0.717, 1.165) is 22.9 Å². The number of nitrogens with zero attached hydrogens (tertiary/aromatic N) is 1. The highest BCUT2D eigenvalue weighted by Crippen LogP contribution is 2.22. The highest BCUT2D eigenvalue weighted by molar-refractivity contribution is 7.99. The molecule has 0 aliphatic carbocycles. The Labute approximate surface area is 107 Å². The van der Waals surface area contributed by atoms with Crippen LogP contribution in [0.2, 0.25) is 5.02 Å². The number of rotatable bonds is 6. The normalized spacial score (nSPS) is 13.1. The molecule has 0 fully saturated rings. The van der Waals surface area contributed by atoms with E-state index < -0.39 is 0 Å². The first-order chi connectivity index (χ1) is 7.58. The molecule has 0 saturated heterocycles. The third kappa shape index (κ3) is 5.75. The summed E-state index contributed by atoms with van der Waals surface area (Å²) in [6, 6.07) is 7.71. The lowest BCUT2D eigenvalue weighted by molar-refractivity contribution is 0.174. The molecule has 0 amide bonds. The predicted molar refractivity (Wildman–Crippen MR) is 71.4 cm³/mol. The highest BCUT2D eigenvalue weighted by atomic mass is 35.5. The smallest absolute Gasteiger partial charge is 0.0646 e. The number of hydrogen-bond acceptors (Lipinski definition) is 3. The van der Waals surface area contributed by atoms with E-state index in [2.05, 4.69) is 4.90 Å². The van der Waals surface area contributed by atoms with Gasteiger partial charge in [-0.25, -0.2) is 0 Å². The molecular weight excluding hydrogens is 242 g/mol. The number of benzene rings is 1. The second-order valence-corrected chi connectivity index (χ2v) is 5.54. The van der Waals surface area contributed by atoms with Crippen molar-refractivity contribution in [2.45, 2.75) is 17.4 Å². The van der Waals surface area contributed by atoms with Crippen molar-refractivity contribution in [3.05, 3.63) is 29.3 Å². The monoisotopic (exact) mass is 259 g/mol. The number of hydrogen-bond donors (Lipinski definition) is 1. The van der Waals surface area contributed by atoms with Gasteiger partial charge in [-0.1, -0.05) is 17.7 Å². The van der Waals surface area contributed by atoms with E-state index in [1.165, 1.54) is 0 Å². The topological polar surface area (TPSA) is 23.5 Å². The Morgan fingerprint density at radius 2 is 2.19 bits per heavy atom. The van der Waals surface area contributed by atoms with Crippen LogP contribution in [0.3, 0.4) is 0 Å². The maximum absolute atomic E-state index is 9.75. The van der Waals surface area contributed by atoms with Crippen LogP contribution in [0, 0.1) is 0 Å². The number of aliphatic hydroxyl groups is 1. The average Bonchev–Trinajstić information content (AvgIpc) is 2.23. The van der Waals surface area contributed by atoms with Crippen LogP contribution in [0.4, 0.5) is 0 Å².